The third kappa shape index (κ3) is 5.27. The number of ketones is 1. The molecule has 0 aliphatic carbocycles. The van der Waals surface area contributed by atoms with Gasteiger partial charge in [0.05, 0.1) is 12.6 Å². The average Bonchev–Trinajstić information content (AvgIpc) is 3.01. The molecule has 27 heavy (non-hydrogen) atoms. The summed E-state index contributed by atoms with van der Waals surface area (Å²) in [5.41, 5.74) is 0.587. The fourth-order valence-corrected chi connectivity index (χ4v) is 2.60. The molecule has 1 amide bonds. The fourth-order valence-electron chi connectivity index (χ4n) is 2.48. The third-order valence-corrected chi connectivity index (χ3v) is 3.87. The van der Waals surface area contributed by atoms with Crippen molar-refractivity contribution in [2.45, 2.75) is 26.8 Å². The van der Waals surface area contributed by atoms with E-state index in [2.05, 4.69) is 25.6 Å². The standard InChI is InChI=1S/C17H19ClN4O5/c1-4-26-17(25)13(9(2)23)14(11-5-7-12(18)8-6-11)20-16-15(19-10(3)24)21-27-22-16/h5-8,13-14H,4H2,1-3H3,(H,20,22)(H,19,21,24)/t13-,14-/m0/s1. The zero-order valence-electron chi connectivity index (χ0n) is 15.0. The highest BCUT2D eigenvalue weighted by Crippen LogP contribution is 2.31. The molecule has 0 spiro atoms. The number of Topliss-reactive ketones (excluding diaryl/α,β-unsaturated/α-hetero) is 1. The molecule has 0 bridgehead atoms. The summed E-state index contributed by atoms with van der Waals surface area (Å²) in [6, 6.07) is 5.74. The summed E-state index contributed by atoms with van der Waals surface area (Å²) < 4.78 is 9.70. The molecule has 0 radical (unpaired) electrons. The number of halogens is 1. The summed E-state index contributed by atoms with van der Waals surface area (Å²) in [6.45, 7) is 4.36. The van der Waals surface area contributed by atoms with E-state index in [1.54, 1.807) is 31.2 Å². The second-order valence-electron chi connectivity index (χ2n) is 5.66. The number of amides is 1. The van der Waals surface area contributed by atoms with E-state index < -0.39 is 23.7 Å². The Hall–Kier alpha value is -2.94. The number of carbonyl (C=O) groups is 3. The molecule has 144 valence electrons. The van der Waals surface area contributed by atoms with E-state index in [0.29, 0.717) is 10.6 Å². The van der Waals surface area contributed by atoms with Gasteiger partial charge >= 0.3 is 5.97 Å². The predicted molar refractivity (Wildman–Crippen MR) is 97.2 cm³/mol. The molecule has 1 heterocycles. The van der Waals surface area contributed by atoms with Gasteiger partial charge in [-0.3, -0.25) is 14.4 Å². The molecule has 2 aromatic rings. The van der Waals surface area contributed by atoms with Gasteiger partial charge in [-0.1, -0.05) is 23.7 Å². The molecular weight excluding hydrogens is 376 g/mol. The quantitative estimate of drug-likeness (QED) is 0.517. The number of esters is 1. The van der Waals surface area contributed by atoms with E-state index in [1.807, 2.05) is 0 Å². The molecular formula is C17H19ClN4O5. The van der Waals surface area contributed by atoms with Crippen molar-refractivity contribution < 1.29 is 23.7 Å². The van der Waals surface area contributed by atoms with Crippen LogP contribution in [0.1, 0.15) is 32.4 Å². The van der Waals surface area contributed by atoms with Gasteiger partial charge < -0.3 is 15.4 Å². The summed E-state index contributed by atoms with van der Waals surface area (Å²) in [5, 5.41) is 13.2. The highest BCUT2D eigenvalue weighted by molar-refractivity contribution is 6.30. The van der Waals surface area contributed by atoms with E-state index >= 15 is 0 Å². The number of benzene rings is 1. The van der Waals surface area contributed by atoms with Gasteiger partial charge in [-0.2, -0.15) is 0 Å². The largest absolute Gasteiger partial charge is 0.465 e. The van der Waals surface area contributed by atoms with Crippen molar-refractivity contribution >= 4 is 40.9 Å². The second-order valence-corrected chi connectivity index (χ2v) is 6.09. The Kier molecular flexibility index (Phi) is 6.89. The summed E-state index contributed by atoms with van der Waals surface area (Å²) in [6.07, 6.45) is 0. The molecule has 10 heteroatoms. The van der Waals surface area contributed by atoms with E-state index in [4.69, 9.17) is 16.3 Å². The molecule has 0 saturated heterocycles. The zero-order chi connectivity index (χ0) is 20.0. The highest BCUT2D eigenvalue weighted by atomic mass is 35.5. The van der Waals surface area contributed by atoms with Crippen molar-refractivity contribution in [3.8, 4) is 0 Å². The Morgan fingerprint density at radius 1 is 1.15 bits per heavy atom. The van der Waals surface area contributed by atoms with E-state index in [0.717, 1.165) is 0 Å². The molecule has 0 unspecified atom stereocenters. The Bertz CT molecular complexity index is 821. The van der Waals surface area contributed by atoms with Gasteiger partial charge in [0.1, 0.15) is 11.7 Å². The maximum absolute atomic E-state index is 12.4. The highest BCUT2D eigenvalue weighted by Gasteiger charge is 2.36. The summed E-state index contributed by atoms with van der Waals surface area (Å²) >= 11 is 5.93. The van der Waals surface area contributed by atoms with Crippen LogP contribution < -0.4 is 10.6 Å². The number of ether oxygens (including phenoxy) is 1. The second kappa shape index (κ2) is 9.13. The van der Waals surface area contributed by atoms with Crippen LogP contribution in [0, 0.1) is 5.92 Å². The molecule has 1 aromatic heterocycles. The molecule has 0 aliphatic rings. The van der Waals surface area contributed by atoms with Gasteiger partial charge in [0, 0.05) is 11.9 Å². The number of carbonyl (C=O) groups excluding carboxylic acids is 3. The molecule has 2 atom stereocenters. The molecule has 0 aliphatic heterocycles. The first-order valence-electron chi connectivity index (χ1n) is 8.12. The van der Waals surface area contributed by atoms with E-state index in [-0.39, 0.29) is 24.1 Å². The number of aromatic nitrogens is 2. The Morgan fingerprint density at radius 3 is 2.33 bits per heavy atom. The normalized spacial score (nSPS) is 12.7. The molecule has 0 fully saturated rings. The minimum Gasteiger partial charge on any atom is -0.465 e. The lowest BCUT2D eigenvalue weighted by molar-refractivity contribution is -0.151. The minimum atomic E-state index is -1.16. The number of hydrogen-bond donors (Lipinski definition) is 2. The zero-order valence-corrected chi connectivity index (χ0v) is 15.7. The molecule has 0 saturated carbocycles. The van der Waals surface area contributed by atoms with Crippen LogP contribution in [0.4, 0.5) is 11.6 Å². The number of rotatable bonds is 8. The number of nitrogens with one attached hydrogen (secondary N) is 2. The van der Waals surface area contributed by atoms with Crippen LogP contribution in [-0.2, 0) is 19.1 Å². The molecule has 2 rings (SSSR count). The van der Waals surface area contributed by atoms with Crippen LogP contribution in [0.3, 0.4) is 0 Å². The van der Waals surface area contributed by atoms with Crippen LogP contribution in [0.5, 0.6) is 0 Å². The summed E-state index contributed by atoms with van der Waals surface area (Å²) in [7, 11) is 0. The molecule has 1 aromatic carbocycles. The lowest BCUT2D eigenvalue weighted by Crippen LogP contribution is -2.34. The third-order valence-electron chi connectivity index (χ3n) is 3.62. The van der Waals surface area contributed by atoms with Crippen molar-refractivity contribution in [2.75, 3.05) is 17.2 Å². The van der Waals surface area contributed by atoms with Crippen molar-refractivity contribution in [2.24, 2.45) is 5.92 Å². The van der Waals surface area contributed by atoms with Crippen molar-refractivity contribution in [1.82, 2.24) is 10.3 Å². The van der Waals surface area contributed by atoms with E-state index in [1.165, 1.54) is 13.8 Å². The number of anilines is 2. The van der Waals surface area contributed by atoms with Gasteiger partial charge in [0.15, 0.2) is 0 Å². The van der Waals surface area contributed by atoms with Crippen LogP contribution in [0.15, 0.2) is 28.9 Å². The first kappa shape index (κ1) is 20.4. The first-order valence-corrected chi connectivity index (χ1v) is 8.50. The van der Waals surface area contributed by atoms with Gasteiger partial charge in [0.25, 0.3) is 0 Å². The minimum absolute atomic E-state index is 0.0348. The maximum Gasteiger partial charge on any atom is 0.318 e. The molecule has 9 nitrogen and oxygen atoms in total. The predicted octanol–water partition coefficient (Wildman–Crippen LogP) is 2.60. The monoisotopic (exact) mass is 394 g/mol. The van der Waals surface area contributed by atoms with Gasteiger partial charge in [-0.05, 0) is 41.9 Å². The van der Waals surface area contributed by atoms with Crippen molar-refractivity contribution in [3.63, 3.8) is 0 Å². The molecule has 2 N–H and O–H groups in total. The van der Waals surface area contributed by atoms with Crippen molar-refractivity contribution in [1.29, 1.82) is 0 Å². The maximum atomic E-state index is 12.4. The average molecular weight is 395 g/mol. The Labute approximate surface area is 160 Å². The van der Waals surface area contributed by atoms with Gasteiger partial charge in [-0.25, -0.2) is 4.63 Å². The van der Waals surface area contributed by atoms with Crippen molar-refractivity contribution in [3.05, 3.63) is 34.9 Å². The Morgan fingerprint density at radius 2 is 1.78 bits per heavy atom. The SMILES string of the molecule is CCOC(=O)[C@@H](C(C)=O)[C@@H](Nc1nonc1NC(C)=O)c1ccc(Cl)cc1. The lowest BCUT2D eigenvalue weighted by Gasteiger charge is -2.25. The van der Waals surface area contributed by atoms with Crippen LogP contribution >= 0.6 is 11.6 Å². The van der Waals surface area contributed by atoms with E-state index in [9.17, 15) is 14.4 Å². The first-order chi connectivity index (χ1) is 12.8. The summed E-state index contributed by atoms with van der Waals surface area (Å²) in [4.78, 5) is 36.0. The summed E-state index contributed by atoms with van der Waals surface area (Å²) in [5.74, 6) is -2.53. The van der Waals surface area contributed by atoms with Crippen LogP contribution in [-0.4, -0.2) is 34.6 Å². The fraction of sp³-hybridized carbons (Fsp3) is 0.353. The number of hydrogen-bond acceptors (Lipinski definition) is 8. The smallest absolute Gasteiger partial charge is 0.318 e. The number of nitrogens with zero attached hydrogens (tertiary/aromatic N) is 2. The topological polar surface area (TPSA) is 123 Å². The Balaban J connectivity index is 2.44. The van der Waals surface area contributed by atoms with Crippen LogP contribution in [0.25, 0.3) is 0 Å². The van der Waals surface area contributed by atoms with Crippen LogP contribution in [0.2, 0.25) is 5.02 Å². The van der Waals surface area contributed by atoms with Gasteiger partial charge in [-0.15, -0.1) is 0 Å². The lowest BCUT2D eigenvalue weighted by atomic mass is 9.90. The van der Waals surface area contributed by atoms with Gasteiger partial charge in [0.2, 0.25) is 17.5 Å².